The third-order valence-corrected chi connectivity index (χ3v) is 3.95. The summed E-state index contributed by atoms with van der Waals surface area (Å²) in [5.74, 6) is 0.822. The van der Waals surface area contributed by atoms with Crippen molar-refractivity contribution in [3.05, 3.63) is 58.2 Å². The molecule has 0 N–H and O–H groups in total. The third-order valence-electron chi connectivity index (χ3n) is 2.55. The van der Waals surface area contributed by atoms with E-state index in [1.54, 1.807) is 28.4 Å². The maximum absolute atomic E-state index is 6.06. The van der Waals surface area contributed by atoms with Gasteiger partial charge in [-0.1, -0.05) is 65.3 Å². The third kappa shape index (κ3) is 2.86. The molecule has 0 unspecified atom stereocenters. The Morgan fingerprint density at radius 3 is 2.68 bits per heavy atom. The molecule has 3 aromatic rings. The van der Waals surface area contributed by atoms with E-state index in [9.17, 15) is 0 Å². The Bertz CT molecular complexity index is 712. The van der Waals surface area contributed by atoms with E-state index in [1.165, 1.54) is 5.56 Å². The van der Waals surface area contributed by atoms with Gasteiger partial charge < -0.3 is 0 Å². The van der Waals surface area contributed by atoms with Crippen LogP contribution in [0.3, 0.4) is 0 Å². The van der Waals surface area contributed by atoms with Crippen LogP contribution in [0, 0.1) is 0 Å². The standard InChI is InChI=1S/C13H9Cl2N3S/c14-10-6-11(15)18-12(7-10)16-13(17-18)19-8-9-4-2-1-3-5-9/h1-7H,8H2. The summed E-state index contributed by atoms with van der Waals surface area (Å²) in [4.78, 5) is 4.40. The lowest BCUT2D eigenvalue weighted by molar-refractivity contribution is 0.887. The Hall–Kier alpha value is -1.23. The number of hydrogen-bond donors (Lipinski definition) is 0. The zero-order valence-corrected chi connectivity index (χ0v) is 12.1. The highest BCUT2D eigenvalue weighted by Gasteiger charge is 2.08. The molecule has 0 spiro atoms. The van der Waals surface area contributed by atoms with Crippen LogP contribution in [-0.2, 0) is 5.75 Å². The van der Waals surface area contributed by atoms with Crippen molar-refractivity contribution in [3.8, 4) is 0 Å². The Morgan fingerprint density at radius 2 is 1.89 bits per heavy atom. The minimum Gasteiger partial charge on any atom is -0.202 e. The first-order chi connectivity index (χ1) is 9.22. The maximum atomic E-state index is 6.06. The lowest BCUT2D eigenvalue weighted by atomic mass is 10.2. The van der Waals surface area contributed by atoms with E-state index in [0.29, 0.717) is 21.0 Å². The first kappa shape index (κ1) is 12.8. The number of hydrogen-bond acceptors (Lipinski definition) is 3. The molecule has 0 saturated heterocycles. The highest BCUT2D eigenvalue weighted by Crippen LogP contribution is 2.23. The lowest BCUT2D eigenvalue weighted by Crippen LogP contribution is -1.88. The van der Waals surface area contributed by atoms with Crippen molar-refractivity contribution in [1.82, 2.24) is 14.6 Å². The minimum atomic E-state index is 0.460. The zero-order chi connectivity index (χ0) is 13.2. The van der Waals surface area contributed by atoms with Gasteiger partial charge in [-0.25, -0.2) is 9.50 Å². The van der Waals surface area contributed by atoms with Crippen molar-refractivity contribution in [2.45, 2.75) is 10.9 Å². The first-order valence-electron chi connectivity index (χ1n) is 5.61. The van der Waals surface area contributed by atoms with Gasteiger partial charge in [0.15, 0.2) is 5.65 Å². The van der Waals surface area contributed by atoms with Crippen molar-refractivity contribution < 1.29 is 0 Å². The van der Waals surface area contributed by atoms with Crippen molar-refractivity contribution in [3.63, 3.8) is 0 Å². The molecule has 2 aromatic heterocycles. The summed E-state index contributed by atoms with van der Waals surface area (Å²) in [6, 6.07) is 13.6. The second-order valence-electron chi connectivity index (χ2n) is 3.93. The van der Waals surface area contributed by atoms with E-state index in [-0.39, 0.29) is 0 Å². The van der Waals surface area contributed by atoms with Crippen molar-refractivity contribution in [1.29, 1.82) is 0 Å². The van der Waals surface area contributed by atoms with Gasteiger partial charge in [0.2, 0.25) is 5.16 Å². The molecule has 2 heterocycles. The normalized spacial score (nSPS) is 11.1. The van der Waals surface area contributed by atoms with Gasteiger partial charge in [0.1, 0.15) is 5.15 Å². The number of halogens is 2. The molecule has 0 bridgehead atoms. The molecule has 0 fully saturated rings. The van der Waals surface area contributed by atoms with Crippen molar-refractivity contribution >= 4 is 40.6 Å². The van der Waals surface area contributed by atoms with Crippen LogP contribution in [0.1, 0.15) is 5.56 Å². The van der Waals surface area contributed by atoms with E-state index >= 15 is 0 Å². The molecule has 6 heteroatoms. The van der Waals surface area contributed by atoms with Gasteiger partial charge in [-0.3, -0.25) is 0 Å². The van der Waals surface area contributed by atoms with Crippen molar-refractivity contribution in [2.24, 2.45) is 0 Å². The summed E-state index contributed by atoms with van der Waals surface area (Å²) in [7, 11) is 0. The smallest absolute Gasteiger partial charge is 0.202 e. The molecule has 0 radical (unpaired) electrons. The van der Waals surface area contributed by atoms with Crippen LogP contribution in [0.15, 0.2) is 47.6 Å². The number of pyridine rings is 1. The highest BCUT2D eigenvalue weighted by molar-refractivity contribution is 7.98. The van der Waals surface area contributed by atoms with Gasteiger partial charge in [0.05, 0.1) is 0 Å². The summed E-state index contributed by atoms with van der Waals surface area (Å²) >= 11 is 13.6. The number of nitrogens with zero attached hydrogens (tertiary/aromatic N) is 3. The number of fused-ring (bicyclic) bond motifs is 1. The predicted octanol–water partition coefficient (Wildman–Crippen LogP) is 4.33. The predicted molar refractivity (Wildman–Crippen MR) is 79.0 cm³/mol. The summed E-state index contributed by atoms with van der Waals surface area (Å²) < 4.78 is 1.58. The number of benzene rings is 1. The SMILES string of the molecule is Clc1cc(Cl)n2nc(SCc3ccccc3)nc2c1. The molecule has 3 rings (SSSR count). The van der Waals surface area contributed by atoms with Crippen LogP contribution >= 0.6 is 35.0 Å². The monoisotopic (exact) mass is 309 g/mol. The molecule has 3 nitrogen and oxygen atoms in total. The van der Waals surface area contributed by atoms with E-state index in [1.807, 2.05) is 18.2 Å². The molecule has 96 valence electrons. The average molecular weight is 310 g/mol. The van der Waals surface area contributed by atoms with Crippen LogP contribution < -0.4 is 0 Å². The summed E-state index contributed by atoms with van der Waals surface area (Å²) in [5.41, 5.74) is 1.89. The molecule has 19 heavy (non-hydrogen) atoms. The summed E-state index contributed by atoms with van der Waals surface area (Å²) in [5, 5.41) is 6.05. The van der Waals surface area contributed by atoms with Crippen LogP contribution in [-0.4, -0.2) is 14.6 Å². The molecule has 0 aliphatic rings. The topological polar surface area (TPSA) is 30.2 Å². The molecular formula is C13H9Cl2N3S. The van der Waals surface area contributed by atoms with Gasteiger partial charge in [0, 0.05) is 16.8 Å². The average Bonchev–Trinajstić information content (AvgIpc) is 2.81. The van der Waals surface area contributed by atoms with Crippen LogP contribution in [0.5, 0.6) is 0 Å². The van der Waals surface area contributed by atoms with Gasteiger partial charge >= 0.3 is 0 Å². The molecule has 0 atom stereocenters. The summed E-state index contributed by atoms with van der Waals surface area (Å²) in [6.07, 6.45) is 0. The Labute approximate surface area is 124 Å². The van der Waals surface area contributed by atoms with E-state index in [0.717, 1.165) is 5.75 Å². The molecule has 1 aromatic carbocycles. The zero-order valence-electron chi connectivity index (χ0n) is 9.75. The minimum absolute atomic E-state index is 0.460. The molecular weight excluding hydrogens is 301 g/mol. The molecule has 0 aliphatic carbocycles. The van der Waals surface area contributed by atoms with Gasteiger partial charge in [-0.15, -0.1) is 5.10 Å². The van der Waals surface area contributed by atoms with Gasteiger partial charge in [0.25, 0.3) is 0 Å². The number of thioether (sulfide) groups is 1. The fraction of sp³-hybridized carbons (Fsp3) is 0.0769. The number of rotatable bonds is 3. The second kappa shape index (κ2) is 5.41. The fourth-order valence-electron chi connectivity index (χ4n) is 1.68. The second-order valence-corrected chi connectivity index (χ2v) is 5.70. The van der Waals surface area contributed by atoms with E-state index < -0.39 is 0 Å². The van der Waals surface area contributed by atoms with E-state index in [4.69, 9.17) is 23.2 Å². The van der Waals surface area contributed by atoms with E-state index in [2.05, 4.69) is 22.2 Å². The quantitative estimate of drug-likeness (QED) is 0.533. The molecule has 0 saturated carbocycles. The summed E-state index contributed by atoms with van der Waals surface area (Å²) in [6.45, 7) is 0. The van der Waals surface area contributed by atoms with Crippen molar-refractivity contribution in [2.75, 3.05) is 0 Å². The molecule has 0 amide bonds. The number of aromatic nitrogens is 3. The molecule has 0 aliphatic heterocycles. The van der Waals surface area contributed by atoms with Crippen LogP contribution in [0.2, 0.25) is 10.2 Å². The van der Waals surface area contributed by atoms with Gasteiger partial charge in [-0.05, 0) is 11.6 Å². The largest absolute Gasteiger partial charge is 0.209 e. The Balaban J connectivity index is 1.84. The lowest BCUT2D eigenvalue weighted by Gasteiger charge is -1.96. The Kier molecular flexibility index (Phi) is 3.64. The first-order valence-corrected chi connectivity index (χ1v) is 7.35. The Morgan fingerprint density at radius 1 is 1.11 bits per heavy atom. The maximum Gasteiger partial charge on any atom is 0.209 e. The highest BCUT2D eigenvalue weighted by atomic mass is 35.5. The van der Waals surface area contributed by atoms with Crippen LogP contribution in [0.25, 0.3) is 5.65 Å². The van der Waals surface area contributed by atoms with Gasteiger partial charge in [-0.2, -0.15) is 0 Å². The fourth-order valence-corrected chi connectivity index (χ4v) is 2.96. The van der Waals surface area contributed by atoms with Crippen LogP contribution in [0.4, 0.5) is 0 Å².